The van der Waals surface area contributed by atoms with Gasteiger partial charge in [-0.25, -0.2) is 0 Å². The molecular weight excluding hydrogens is 334 g/mol. The summed E-state index contributed by atoms with van der Waals surface area (Å²) in [6, 6.07) is 9.79. The summed E-state index contributed by atoms with van der Waals surface area (Å²) < 4.78 is 2.50. The van der Waals surface area contributed by atoms with Crippen LogP contribution in [0.3, 0.4) is 0 Å². The molecule has 128 valence electrons. The monoisotopic (exact) mass is 353 g/mol. The van der Waals surface area contributed by atoms with Crippen LogP contribution >= 0.6 is 12.2 Å². The minimum atomic E-state index is -0.0155. The zero-order chi connectivity index (χ0) is 17.4. The van der Waals surface area contributed by atoms with Gasteiger partial charge in [-0.1, -0.05) is 24.3 Å². The molecule has 1 aliphatic heterocycles. The Kier molecular flexibility index (Phi) is 4.09. The van der Waals surface area contributed by atoms with Crippen LogP contribution < -0.4 is 0 Å². The highest BCUT2D eigenvalue weighted by Crippen LogP contribution is 2.27. The number of carbonyl (C=O) groups excluding carboxylic acids is 1. The molecule has 1 amide bonds. The maximum Gasteiger partial charge on any atom is 0.273 e. The molecule has 25 heavy (non-hydrogen) atoms. The molecule has 2 aromatic heterocycles. The third-order valence-corrected chi connectivity index (χ3v) is 5.23. The Labute approximate surface area is 150 Å². The summed E-state index contributed by atoms with van der Waals surface area (Å²) in [4.78, 5) is 19.3. The lowest BCUT2D eigenvalue weighted by Crippen LogP contribution is -2.40. The second-order valence-corrected chi connectivity index (χ2v) is 6.80. The summed E-state index contributed by atoms with van der Waals surface area (Å²) in [6.07, 6.45) is 3.65. The Hall–Kier alpha value is -2.54. The number of likely N-dealkylation sites (tertiary alicyclic amines) is 1. The zero-order valence-electron chi connectivity index (χ0n) is 14.0. The number of hydrogen-bond donors (Lipinski definition) is 1. The first-order valence-electron chi connectivity index (χ1n) is 8.39. The van der Waals surface area contributed by atoms with Crippen LogP contribution in [-0.4, -0.2) is 43.6 Å². The average molecular weight is 353 g/mol. The lowest BCUT2D eigenvalue weighted by molar-refractivity contribution is 0.0699. The van der Waals surface area contributed by atoms with Crippen molar-refractivity contribution in [2.24, 2.45) is 7.05 Å². The quantitative estimate of drug-likeness (QED) is 0.719. The largest absolute Gasteiger partial charge is 0.337 e. The van der Waals surface area contributed by atoms with E-state index >= 15 is 0 Å². The summed E-state index contributed by atoms with van der Waals surface area (Å²) >= 11 is 5.21. The van der Waals surface area contributed by atoms with E-state index in [-0.39, 0.29) is 11.8 Å². The molecule has 1 atom stereocenters. The highest BCUT2D eigenvalue weighted by molar-refractivity contribution is 7.71. The fourth-order valence-electron chi connectivity index (χ4n) is 3.54. The van der Waals surface area contributed by atoms with E-state index < -0.39 is 0 Å². The highest BCUT2D eigenvalue weighted by atomic mass is 32.1. The number of piperidine rings is 1. The predicted molar refractivity (Wildman–Crippen MR) is 98.0 cm³/mol. The van der Waals surface area contributed by atoms with Crippen molar-refractivity contribution in [2.75, 3.05) is 13.1 Å². The maximum absolute atomic E-state index is 13.1. The Bertz CT molecular complexity index is 987. The van der Waals surface area contributed by atoms with Gasteiger partial charge in [0.25, 0.3) is 5.91 Å². The first-order chi connectivity index (χ1) is 12.1. The van der Waals surface area contributed by atoms with Crippen LogP contribution in [0.15, 0.2) is 36.5 Å². The number of amides is 1. The van der Waals surface area contributed by atoms with Crippen LogP contribution in [0.4, 0.5) is 0 Å². The minimum Gasteiger partial charge on any atom is -0.337 e. The van der Waals surface area contributed by atoms with Gasteiger partial charge >= 0.3 is 0 Å². The lowest BCUT2D eigenvalue weighted by Gasteiger charge is -2.32. The van der Waals surface area contributed by atoms with Gasteiger partial charge in [-0.15, -0.1) is 0 Å². The first kappa shape index (κ1) is 16.0. The van der Waals surface area contributed by atoms with Crippen LogP contribution in [0.25, 0.3) is 10.8 Å². The van der Waals surface area contributed by atoms with Crippen molar-refractivity contribution < 1.29 is 4.79 Å². The molecule has 1 aromatic carbocycles. The van der Waals surface area contributed by atoms with E-state index in [0.29, 0.717) is 17.0 Å². The summed E-state index contributed by atoms with van der Waals surface area (Å²) in [6.45, 7) is 1.38. The van der Waals surface area contributed by atoms with Crippen LogP contribution in [0.2, 0.25) is 0 Å². The highest BCUT2D eigenvalue weighted by Gasteiger charge is 2.29. The third kappa shape index (κ3) is 2.84. The lowest BCUT2D eigenvalue weighted by atomic mass is 9.96. The number of nitrogens with one attached hydrogen (secondary N) is 1. The topological polar surface area (TPSA) is 66.8 Å². The number of rotatable bonds is 2. The van der Waals surface area contributed by atoms with Crippen molar-refractivity contribution in [3.8, 4) is 0 Å². The predicted octanol–water partition coefficient (Wildman–Crippen LogP) is 3.05. The van der Waals surface area contributed by atoms with E-state index in [9.17, 15) is 4.79 Å². The van der Waals surface area contributed by atoms with Gasteiger partial charge in [0.05, 0.1) is 0 Å². The van der Waals surface area contributed by atoms with E-state index in [1.807, 2.05) is 46.8 Å². The molecule has 1 saturated heterocycles. The number of fused-ring (bicyclic) bond motifs is 1. The Morgan fingerprint density at radius 2 is 2.16 bits per heavy atom. The smallest absolute Gasteiger partial charge is 0.273 e. The Balaban J connectivity index is 1.64. The second-order valence-electron chi connectivity index (χ2n) is 6.42. The first-order valence-corrected chi connectivity index (χ1v) is 8.80. The van der Waals surface area contributed by atoms with Crippen molar-refractivity contribution >= 4 is 28.9 Å². The number of pyridine rings is 1. The maximum atomic E-state index is 13.1. The number of benzene rings is 1. The molecule has 1 fully saturated rings. The minimum absolute atomic E-state index is 0.0155. The van der Waals surface area contributed by atoms with Gasteiger partial charge in [0.2, 0.25) is 0 Å². The number of aromatic nitrogens is 4. The molecule has 1 unspecified atom stereocenters. The molecule has 1 aliphatic rings. The van der Waals surface area contributed by atoms with Crippen molar-refractivity contribution in [3.05, 3.63) is 52.8 Å². The zero-order valence-corrected chi connectivity index (χ0v) is 14.8. The molecule has 6 nitrogen and oxygen atoms in total. The molecule has 0 spiro atoms. The average Bonchev–Trinajstić information content (AvgIpc) is 2.99. The van der Waals surface area contributed by atoms with Gasteiger partial charge in [0, 0.05) is 37.6 Å². The summed E-state index contributed by atoms with van der Waals surface area (Å²) in [5.41, 5.74) is 0.522. The second kappa shape index (κ2) is 6.40. The van der Waals surface area contributed by atoms with E-state index in [1.54, 1.807) is 6.20 Å². The molecular formula is C18H19N5OS. The Morgan fingerprint density at radius 1 is 1.32 bits per heavy atom. The third-order valence-electron chi connectivity index (χ3n) is 4.86. The molecule has 4 rings (SSSR count). The van der Waals surface area contributed by atoms with Crippen LogP contribution in [0.5, 0.6) is 0 Å². The fraction of sp³-hybridized carbons (Fsp3) is 0.333. The number of carbonyl (C=O) groups is 1. The van der Waals surface area contributed by atoms with E-state index in [4.69, 9.17) is 12.2 Å². The van der Waals surface area contributed by atoms with Gasteiger partial charge in [0.15, 0.2) is 4.77 Å². The number of aromatic amines is 1. The standard InChI is InChI=1S/C18H19N5OS/c1-22-16(20-21-18(22)25)13-6-4-10-23(11-13)17(24)15-14-7-3-2-5-12(14)8-9-19-15/h2-3,5,7-9,13H,4,6,10-11H2,1H3,(H,21,25). The summed E-state index contributed by atoms with van der Waals surface area (Å²) in [5, 5.41) is 9.11. The molecule has 1 N–H and O–H groups in total. The van der Waals surface area contributed by atoms with Gasteiger partial charge in [0.1, 0.15) is 11.5 Å². The summed E-state index contributed by atoms with van der Waals surface area (Å²) in [5.74, 6) is 1.08. The van der Waals surface area contributed by atoms with Gasteiger partial charge in [-0.05, 0) is 36.5 Å². The number of hydrogen-bond acceptors (Lipinski definition) is 4. The van der Waals surface area contributed by atoms with Crippen LogP contribution in [0.1, 0.15) is 35.1 Å². The van der Waals surface area contributed by atoms with Crippen LogP contribution in [-0.2, 0) is 7.05 Å². The molecule has 0 bridgehead atoms. The van der Waals surface area contributed by atoms with E-state index in [1.165, 1.54) is 0 Å². The van der Waals surface area contributed by atoms with Crippen molar-refractivity contribution in [1.29, 1.82) is 0 Å². The number of H-pyrrole nitrogens is 1. The van der Waals surface area contributed by atoms with Crippen molar-refractivity contribution in [3.63, 3.8) is 0 Å². The summed E-state index contributed by atoms with van der Waals surface area (Å²) in [7, 11) is 1.91. The molecule has 0 aliphatic carbocycles. The molecule has 0 radical (unpaired) electrons. The van der Waals surface area contributed by atoms with Crippen LogP contribution in [0, 0.1) is 4.77 Å². The van der Waals surface area contributed by atoms with Gasteiger partial charge in [-0.2, -0.15) is 5.10 Å². The fourth-order valence-corrected chi connectivity index (χ4v) is 3.68. The number of nitrogens with zero attached hydrogens (tertiary/aromatic N) is 4. The van der Waals surface area contributed by atoms with Crippen molar-refractivity contribution in [1.82, 2.24) is 24.6 Å². The Morgan fingerprint density at radius 3 is 2.96 bits per heavy atom. The molecule has 3 aromatic rings. The molecule has 7 heteroatoms. The van der Waals surface area contributed by atoms with Gasteiger partial charge < -0.3 is 9.47 Å². The SMILES string of the molecule is Cn1c(C2CCCN(C(=O)c3nccc4ccccc34)C2)n[nH]c1=S. The molecule has 3 heterocycles. The van der Waals surface area contributed by atoms with E-state index in [0.717, 1.165) is 36.0 Å². The van der Waals surface area contributed by atoms with Gasteiger partial charge in [-0.3, -0.25) is 14.9 Å². The van der Waals surface area contributed by atoms with Crippen molar-refractivity contribution in [2.45, 2.75) is 18.8 Å². The van der Waals surface area contributed by atoms with E-state index in [2.05, 4.69) is 15.2 Å². The normalized spacial score (nSPS) is 17.8. The molecule has 0 saturated carbocycles.